The molecule has 0 unspecified atom stereocenters. The Balaban J connectivity index is 1.42. The largest absolute Gasteiger partial charge is 0.298 e. The summed E-state index contributed by atoms with van der Waals surface area (Å²) in [6.07, 6.45) is 16.0. The monoisotopic (exact) mass is 374 g/mol. The molecule has 6 nitrogen and oxygen atoms in total. The van der Waals surface area contributed by atoms with Crippen molar-refractivity contribution in [2.45, 2.75) is 102 Å². The summed E-state index contributed by atoms with van der Waals surface area (Å²) in [5.41, 5.74) is 0. The molecule has 27 heavy (non-hydrogen) atoms. The Morgan fingerprint density at radius 3 is 2.11 bits per heavy atom. The minimum Gasteiger partial charge on any atom is -0.298 e. The van der Waals surface area contributed by atoms with Gasteiger partial charge in [0.25, 0.3) is 0 Å². The van der Waals surface area contributed by atoms with Crippen LogP contribution in [0.15, 0.2) is 0 Å². The van der Waals surface area contributed by atoms with Crippen molar-refractivity contribution in [1.29, 1.82) is 0 Å². The Bertz CT molecular complexity index is 553. The number of hydrogen-bond donors (Lipinski definition) is 0. The first-order valence-electron chi connectivity index (χ1n) is 11.6. The van der Waals surface area contributed by atoms with Gasteiger partial charge in [-0.25, -0.2) is 4.68 Å². The highest BCUT2D eigenvalue weighted by molar-refractivity contribution is 4.97. The van der Waals surface area contributed by atoms with Crippen LogP contribution in [0.2, 0.25) is 0 Å². The third-order valence-electron chi connectivity index (χ3n) is 7.18. The van der Waals surface area contributed by atoms with Crippen LogP contribution in [0.5, 0.6) is 0 Å². The predicted octanol–water partition coefficient (Wildman–Crippen LogP) is 3.97. The van der Waals surface area contributed by atoms with E-state index in [2.05, 4.69) is 36.9 Å². The van der Waals surface area contributed by atoms with Gasteiger partial charge in [-0.3, -0.25) is 9.80 Å². The molecular formula is C21H38N6. The Labute approximate surface area is 164 Å². The van der Waals surface area contributed by atoms with Crippen molar-refractivity contribution in [1.82, 2.24) is 30.0 Å². The molecule has 1 aromatic rings. The van der Waals surface area contributed by atoms with Crippen molar-refractivity contribution in [3.63, 3.8) is 0 Å². The average molecular weight is 375 g/mol. The molecule has 4 rings (SSSR count). The SMILES string of the molecule is CCC[C@H](c1nnnn1C1CCCCC1)N1CCN(C2CCCCC2)CC1. The Hall–Kier alpha value is -1.01. The zero-order chi connectivity index (χ0) is 18.5. The quantitative estimate of drug-likeness (QED) is 0.754. The Kier molecular flexibility index (Phi) is 6.77. The summed E-state index contributed by atoms with van der Waals surface area (Å²) in [5, 5.41) is 13.1. The van der Waals surface area contributed by atoms with Gasteiger partial charge in [0, 0.05) is 32.2 Å². The van der Waals surface area contributed by atoms with Crippen LogP contribution in [-0.2, 0) is 0 Å². The zero-order valence-electron chi connectivity index (χ0n) is 17.2. The van der Waals surface area contributed by atoms with E-state index >= 15 is 0 Å². The summed E-state index contributed by atoms with van der Waals surface area (Å²) < 4.78 is 2.20. The van der Waals surface area contributed by atoms with Gasteiger partial charge in [0.05, 0.1) is 12.1 Å². The van der Waals surface area contributed by atoms with E-state index in [4.69, 9.17) is 0 Å². The minimum atomic E-state index is 0.389. The van der Waals surface area contributed by atoms with Crippen LogP contribution in [0.1, 0.15) is 102 Å². The average Bonchev–Trinajstić information content (AvgIpc) is 3.23. The van der Waals surface area contributed by atoms with E-state index in [9.17, 15) is 0 Å². The van der Waals surface area contributed by atoms with Gasteiger partial charge >= 0.3 is 0 Å². The highest BCUT2D eigenvalue weighted by Gasteiger charge is 2.32. The molecule has 2 saturated carbocycles. The van der Waals surface area contributed by atoms with Crippen molar-refractivity contribution >= 4 is 0 Å². The lowest BCUT2D eigenvalue weighted by Crippen LogP contribution is -2.51. The predicted molar refractivity (Wildman–Crippen MR) is 108 cm³/mol. The fraction of sp³-hybridized carbons (Fsp3) is 0.952. The van der Waals surface area contributed by atoms with Gasteiger partial charge < -0.3 is 0 Å². The molecule has 0 aromatic carbocycles. The molecule has 1 saturated heterocycles. The summed E-state index contributed by atoms with van der Waals surface area (Å²) in [5.74, 6) is 1.13. The number of tetrazole rings is 1. The van der Waals surface area contributed by atoms with Crippen LogP contribution < -0.4 is 0 Å². The number of aromatic nitrogens is 4. The molecule has 2 heterocycles. The number of nitrogens with zero attached hydrogens (tertiary/aromatic N) is 6. The lowest BCUT2D eigenvalue weighted by atomic mass is 9.93. The smallest absolute Gasteiger partial charge is 0.168 e. The summed E-state index contributed by atoms with van der Waals surface area (Å²) in [7, 11) is 0. The second-order valence-corrected chi connectivity index (χ2v) is 8.94. The summed E-state index contributed by atoms with van der Waals surface area (Å²) in [6, 6.07) is 1.75. The molecule has 1 atom stereocenters. The maximum atomic E-state index is 4.54. The number of hydrogen-bond acceptors (Lipinski definition) is 5. The maximum absolute atomic E-state index is 4.54. The lowest BCUT2D eigenvalue weighted by Gasteiger charge is -2.43. The van der Waals surface area contributed by atoms with Crippen LogP contribution >= 0.6 is 0 Å². The third-order valence-corrected chi connectivity index (χ3v) is 7.18. The van der Waals surface area contributed by atoms with Crippen LogP contribution in [0.4, 0.5) is 0 Å². The number of rotatable bonds is 6. The first-order valence-corrected chi connectivity index (χ1v) is 11.6. The molecule has 1 aromatic heterocycles. The zero-order valence-corrected chi connectivity index (χ0v) is 17.2. The van der Waals surface area contributed by atoms with Crippen molar-refractivity contribution in [2.75, 3.05) is 26.2 Å². The van der Waals surface area contributed by atoms with Crippen LogP contribution in [-0.4, -0.2) is 62.2 Å². The van der Waals surface area contributed by atoms with Gasteiger partial charge in [0.2, 0.25) is 0 Å². The van der Waals surface area contributed by atoms with Crippen molar-refractivity contribution < 1.29 is 0 Å². The van der Waals surface area contributed by atoms with Crippen LogP contribution in [0.25, 0.3) is 0 Å². The van der Waals surface area contributed by atoms with Gasteiger partial charge in [-0.15, -0.1) is 5.10 Å². The Morgan fingerprint density at radius 2 is 1.48 bits per heavy atom. The molecule has 0 radical (unpaired) electrons. The molecular weight excluding hydrogens is 336 g/mol. The molecule has 1 aliphatic heterocycles. The van der Waals surface area contributed by atoms with Crippen molar-refractivity contribution in [3.8, 4) is 0 Å². The van der Waals surface area contributed by atoms with Gasteiger partial charge in [-0.2, -0.15) is 0 Å². The van der Waals surface area contributed by atoms with Crippen LogP contribution in [0.3, 0.4) is 0 Å². The highest BCUT2D eigenvalue weighted by atomic mass is 15.6. The van der Waals surface area contributed by atoms with E-state index in [1.54, 1.807) is 0 Å². The van der Waals surface area contributed by atoms with E-state index in [0.29, 0.717) is 12.1 Å². The molecule has 2 aliphatic carbocycles. The van der Waals surface area contributed by atoms with E-state index in [-0.39, 0.29) is 0 Å². The van der Waals surface area contributed by atoms with Gasteiger partial charge in [0.1, 0.15) is 0 Å². The molecule has 6 heteroatoms. The fourth-order valence-electron chi connectivity index (χ4n) is 5.61. The number of piperazine rings is 1. The van der Waals surface area contributed by atoms with E-state index < -0.39 is 0 Å². The van der Waals surface area contributed by atoms with E-state index in [0.717, 1.165) is 18.3 Å². The van der Waals surface area contributed by atoms with Crippen molar-refractivity contribution in [3.05, 3.63) is 5.82 Å². The molecule has 3 fully saturated rings. The Morgan fingerprint density at radius 1 is 0.852 bits per heavy atom. The molecule has 0 amide bonds. The molecule has 0 spiro atoms. The second kappa shape index (κ2) is 9.46. The van der Waals surface area contributed by atoms with E-state index in [1.165, 1.54) is 96.8 Å². The minimum absolute atomic E-state index is 0.389. The van der Waals surface area contributed by atoms with E-state index in [1.807, 2.05) is 0 Å². The summed E-state index contributed by atoms with van der Waals surface area (Å²) in [4.78, 5) is 5.44. The standard InChI is InChI=1S/C21H38N6/c1-2-9-20(21-22-23-24-27(21)19-12-7-4-8-13-19)26-16-14-25(15-17-26)18-10-5-3-6-11-18/h18-20H,2-17H2,1H3/t20-/m1/s1. The maximum Gasteiger partial charge on any atom is 0.168 e. The normalized spacial score (nSPS) is 25.7. The first kappa shape index (κ1) is 19.3. The third kappa shape index (κ3) is 4.53. The van der Waals surface area contributed by atoms with Gasteiger partial charge in [0.15, 0.2) is 5.82 Å². The molecule has 152 valence electrons. The van der Waals surface area contributed by atoms with Crippen molar-refractivity contribution in [2.24, 2.45) is 0 Å². The van der Waals surface area contributed by atoms with Gasteiger partial charge in [-0.05, 0) is 42.5 Å². The fourth-order valence-corrected chi connectivity index (χ4v) is 5.61. The lowest BCUT2D eigenvalue weighted by molar-refractivity contribution is 0.0491. The molecule has 3 aliphatic rings. The summed E-state index contributed by atoms with van der Waals surface area (Å²) >= 11 is 0. The topological polar surface area (TPSA) is 50.1 Å². The second-order valence-electron chi connectivity index (χ2n) is 8.94. The van der Waals surface area contributed by atoms with Crippen LogP contribution in [0, 0.1) is 0 Å². The first-order chi connectivity index (χ1) is 13.4. The molecule has 0 N–H and O–H groups in total. The summed E-state index contributed by atoms with van der Waals surface area (Å²) in [6.45, 7) is 7.06. The molecule has 0 bridgehead atoms. The highest BCUT2D eigenvalue weighted by Crippen LogP contribution is 2.33. The van der Waals surface area contributed by atoms with Gasteiger partial charge in [-0.1, -0.05) is 51.9 Å².